The van der Waals surface area contributed by atoms with Crippen LogP contribution in [0.1, 0.15) is 32.1 Å². The molecule has 1 amide bonds. The van der Waals surface area contributed by atoms with Crippen LogP contribution in [0.15, 0.2) is 36.7 Å². The van der Waals surface area contributed by atoms with E-state index in [1.54, 1.807) is 12.4 Å². The first-order valence-corrected chi connectivity index (χ1v) is 9.81. The van der Waals surface area contributed by atoms with Gasteiger partial charge in [-0.1, -0.05) is 12.2 Å². The van der Waals surface area contributed by atoms with Gasteiger partial charge in [-0.05, 0) is 49.7 Å². The molecule has 1 aromatic rings. The summed E-state index contributed by atoms with van der Waals surface area (Å²) in [6, 6.07) is 3.84. The van der Waals surface area contributed by atoms with E-state index in [0.717, 1.165) is 64.2 Å². The standard InChI is InChI=1S/C21H28N2O3/c24-20(17-4-1-2-5-17)23-11-7-21(8-12-23)9-13-25-15-18(21)16-26-19-6-3-10-22-14-19/h1-3,6,10,14,17-18H,4-5,7-9,11-13,15-16H2. The van der Waals surface area contributed by atoms with Crippen LogP contribution in [-0.2, 0) is 9.53 Å². The van der Waals surface area contributed by atoms with Crippen molar-refractivity contribution in [1.29, 1.82) is 0 Å². The van der Waals surface area contributed by atoms with E-state index in [4.69, 9.17) is 9.47 Å². The summed E-state index contributed by atoms with van der Waals surface area (Å²) >= 11 is 0. The van der Waals surface area contributed by atoms with E-state index in [2.05, 4.69) is 22.0 Å². The Morgan fingerprint density at radius 1 is 1.27 bits per heavy atom. The summed E-state index contributed by atoms with van der Waals surface area (Å²) in [6.45, 7) is 3.98. The van der Waals surface area contributed by atoms with E-state index in [-0.39, 0.29) is 11.3 Å². The molecule has 26 heavy (non-hydrogen) atoms. The van der Waals surface area contributed by atoms with Crippen molar-refractivity contribution < 1.29 is 14.3 Å². The van der Waals surface area contributed by atoms with E-state index in [0.29, 0.717) is 18.4 Å². The summed E-state index contributed by atoms with van der Waals surface area (Å²) in [5.41, 5.74) is 0.241. The Hall–Kier alpha value is -1.88. The molecule has 2 saturated heterocycles. The van der Waals surface area contributed by atoms with E-state index < -0.39 is 0 Å². The van der Waals surface area contributed by atoms with Crippen LogP contribution in [0.2, 0.25) is 0 Å². The molecule has 0 bridgehead atoms. The molecule has 1 atom stereocenters. The largest absolute Gasteiger partial charge is 0.492 e. The van der Waals surface area contributed by atoms with Crippen LogP contribution in [0.4, 0.5) is 0 Å². The second kappa shape index (κ2) is 7.78. The molecule has 1 aliphatic carbocycles. The molecule has 4 rings (SSSR count). The topological polar surface area (TPSA) is 51.7 Å². The molecule has 0 aromatic carbocycles. The maximum Gasteiger partial charge on any atom is 0.226 e. The Bertz CT molecular complexity index is 630. The average Bonchev–Trinajstić information content (AvgIpc) is 3.23. The molecule has 0 radical (unpaired) electrons. The number of aromatic nitrogens is 1. The molecule has 2 fully saturated rings. The average molecular weight is 356 g/mol. The number of allylic oxidation sites excluding steroid dienone is 2. The molecule has 1 spiro atoms. The van der Waals surface area contributed by atoms with Gasteiger partial charge in [0.15, 0.2) is 0 Å². The summed E-state index contributed by atoms with van der Waals surface area (Å²) < 4.78 is 11.8. The predicted molar refractivity (Wildman–Crippen MR) is 98.8 cm³/mol. The minimum absolute atomic E-state index is 0.184. The van der Waals surface area contributed by atoms with Gasteiger partial charge in [0.1, 0.15) is 5.75 Å². The van der Waals surface area contributed by atoms with Crippen LogP contribution in [0, 0.1) is 17.3 Å². The Balaban J connectivity index is 1.36. The highest BCUT2D eigenvalue weighted by atomic mass is 16.5. The van der Waals surface area contributed by atoms with Gasteiger partial charge in [0, 0.05) is 37.7 Å². The minimum atomic E-state index is 0.184. The lowest BCUT2D eigenvalue weighted by molar-refractivity contribution is -0.141. The minimum Gasteiger partial charge on any atom is -0.492 e. The fraction of sp³-hybridized carbons (Fsp3) is 0.619. The van der Waals surface area contributed by atoms with Crippen LogP contribution in [0.3, 0.4) is 0 Å². The molecular weight excluding hydrogens is 328 g/mol. The molecule has 140 valence electrons. The van der Waals surface area contributed by atoms with Crippen molar-refractivity contribution >= 4 is 5.91 Å². The fourth-order valence-electron chi connectivity index (χ4n) is 4.64. The number of carbonyl (C=O) groups is 1. The van der Waals surface area contributed by atoms with Crippen LogP contribution >= 0.6 is 0 Å². The number of nitrogens with zero attached hydrogens (tertiary/aromatic N) is 2. The maximum atomic E-state index is 12.7. The number of rotatable bonds is 4. The zero-order chi connectivity index (χ0) is 17.8. The number of pyridine rings is 1. The molecule has 5 heteroatoms. The molecule has 5 nitrogen and oxygen atoms in total. The number of hydrogen-bond donors (Lipinski definition) is 0. The summed E-state index contributed by atoms with van der Waals surface area (Å²) in [7, 11) is 0. The van der Waals surface area contributed by atoms with E-state index in [9.17, 15) is 4.79 Å². The predicted octanol–water partition coefficient (Wildman–Crippen LogP) is 3.07. The SMILES string of the molecule is O=C(C1CC=CC1)N1CCC2(CCOCC2COc2cccnc2)CC1. The first-order valence-electron chi connectivity index (χ1n) is 9.81. The Kier molecular flexibility index (Phi) is 5.25. The summed E-state index contributed by atoms with van der Waals surface area (Å²) in [4.78, 5) is 18.9. The molecule has 3 heterocycles. The lowest BCUT2D eigenvalue weighted by atomic mass is 9.66. The Labute approximate surface area is 155 Å². The molecule has 0 N–H and O–H groups in total. The van der Waals surface area contributed by atoms with Crippen LogP contribution in [0.5, 0.6) is 5.75 Å². The van der Waals surface area contributed by atoms with E-state index in [1.807, 2.05) is 12.1 Å². The zero-order valence-electron chi connectivity index (χ0n) is 15.3. The van der Waals surface area contributed by atoms with Crippen LogP contribution < -0.4 is 4.74 Å². The summed E-state index contributed by atoms with van der Waals surface area (Å²) in [6.07, 6.45) is 12.8. The lowest BCUT2D eigenvalue weighted by Gasteiger charge is -2.49. The van der Waals surface area contributed by atoms with Crippen molar-refractivity contribution in [2.75, 3.05) is 32.9 Å². The molecular formula is C21H28N2O3. The van der Waals surface area contributed by atoms with E-state index in [1.165, 1.54) is 0 Å². The van der Waals surface area contributed by atoms with Gasteiger partial charge in [-0.3, -0.25) is 9.78 Å². The Morgan fingerprint density at radius 3 is 2.81 bits per heavy atom. The van der Waals surface area contributed by atoms with Crippen molar-refractivity contribution in [3.05, 3.63) is 36.7 Å². The first-order chi connectivity index (χ1) is 12.8. The zero-order valence-corrected chi connectivity index (χ0v) is 15.3. The van der Waals surface area contributed by atoms with E-state index >= 15 is 0 Å². The number of likely N-dealkylation sites (tertiary alicyclic amines) is 1. The van der Waals surface area contributed by atoms with Crippen molar-refractivity contribution in [2.45, 2.75) is 32.1 Å². The monoisotopic (exact) mass is 356 g/mol. The third-order valence-electron chi connectivity index (χ3n) is 6.44. The molecule has 1 unspecified atom stereocenters. The van der Waals surface area contributed by atoms with Gasteiger partial charge in [0.25, 0.3) is 0 Å². The Morgan fingerprint density at radius 2 is 2.08 bits per heavy atom. The molecule has 1 aromatic heterocycles. The van der Waals surface area contributed by atoms with Crippen LogP contribution in [0.25, 0.3) is 0 Å². The first kappa shape index (κ1) is 17.5. The highest BCUT2D eigenvalue weighted by Crippen LogP contribution is 2.45. The van der Waals surface area contributed by atoms with Crippen LogP contribution in [-0.4, -0.2) is 48.7 Å². The number of amides is 1. The van der Waals surface area contributed by atoms with Gasteiger partial charge in [-0.25, -0.2) is 0 Å². The van der Waals surface area contributed by atoms with Crippen molar-refractivity contribution in [2.24, 2.45) is 17.3 Å². The molecule has 3 aliphatic rings. The number of piperidine rings is 1. The van der Waals surface area contributed by atoms with Gasteiger partial charge in [-0.15, -0.1) is 0 Å². The van der Waals surface area contributed by atoms with Gasteiger partial charge >= 0.3 is 0 Å². The second-order valence-electron chi connectivity index (χ2n) is 7.85. The third-order valence-corrected chi connectivity index (χ3v) is 6.44. The number of ether oxygens (including phenoxy) is 2. The van der Waals surface area contributed by atoms with Crippen molar-refractivity contribution in [3.8, 4) is 5.75 Å². The van der Waals surface area contributed by atoms with Gasteiger partial charge < -0.3 is 14.4 Å². The fourth-order valence-corrected chi connectivity index (χ4v) is 4.64. The summed E-state index contributed by atoms with van der Waals surface area (Å²) in [5, 5.41) is 0. The number of hydrogen-bond acceptors (Lipinski definition) is 4. The highest BCUT2D eigenvalue weighted by Gasteiger charge is 2.45. The number of carbonyl (C=O) groups excluding carboxylic acids is 1. The smallest absolute Gasteiger partial charge is 0.226 e. The van der Waals surface area contributed by atoms with Crippen molar-refractivity contribution in [1.82, 2.24) is 9.88 Å². The molecule has 0 saturated carbocycles. The third kappa shape index (κ3) is 3.63. The lowest BCUT2D eigenvalue weighted by Crippen LogP contribution is -2.51. The molecule has 2 aliphatic heterocycles. The second-order valence-corrected chi connectivity index (χ2v) is 7.85. The maximum absolute atomic E-state index is 12.7. The van der Waals surface area contributed by atoms with Gasteiger partial charge in [0.05, 0.1) is 19.4 Å². The van der Waals surface area contributed by atoms with Crippen molar-refractivity contribution in [3.63, 3.8) is 0 Å². The van der Waals surface area contributed by atoms with Gasteiger partial charge in [0.2, 0.25) is 5.91 Å². The highest BCUT2D eigenvalue weighted by molar-refractivity contribution is 5.79. The van der Waals surface area contributed by atoms with Gasteiger partial charge in [-0.2, -0.15) is 0 Å². The normalized spacial score (nSPS) is 25.5. The quantitative estimate of drug-likeness (QED) is 0.778. The summed E-state index contributed by atoms with van der Waals surface area (Å²) in [5.74, 6) is 1.72.